The van der Waals surface area contributed by atoms with Crippen molar-refractivity contribution in [1.29, 1.82) is 5.26 Å². The van der Waals surface area contributed by atoms with E-state index in [0.717, 1.165) is 52.6 Å². The lowest BCUT2D eigenvalue weighted by atomic mass is 10.0. The Hall–Kier alpha value is -3.91. The average Bonchev–Trinajstić information content (AvgIpc) is 3.15. The van der Waals surface area contributed by atoms with E-state index >= 15 is 0 Å². The molecule has 4 rings (SSSR count). The number of nitrogens with zero attached hydrogens (tertiary/aromatic N) is 3. The van der Waals surface area contributed by atoms with E-state index in [0.29, 0.717) is 18.5 Å². The second-order valence-corrected chi connectivity index (χ2v) is 8.78. The largest absolute Gasteiger partial charge is 0.385 e. The maximum atomic E-state index is 13.4. The molecule has 0 spiro atoms. The van der Waals surface area contributed by atoms with Gasteiger partial charge in [0, 0.05) is 29.3 Å². The third-order valence-electron chi connectivity index (χ3n) is 5.93. The monoisotopic (exact) mass is 452 g/mol. The Morgan fingerprint density at radius 1 is 0.882 bits per heavy atom. The van der Waals surface area contributed by atoms with Crippen LogP contribution in [0, 0.1) is 37.9 Å². The first-order valence-electron chi connectivity index (χ1n) is 11.6. The van der Waals surface area contributed by atoms with Crippen LogP contribution in [0.25, 0.3) is 5.82 Å². The van der Waals surface area contributed by atoms with Gasteiger partial charge in [-0.1, -0.05) is 12.1 Å². The number of nitriles is 1. The van der Waals surface area contributed by atoms with E-state index in [1.54, 1.807) is 12.1 Å². The molecular weight excluding hydrogens is 423 g/mol. The number of nitrogens with one attached hydrogen (secondary N) is 1. The fourth-order valence-corrected chi connectivity index (χ4v) is 4.31. The topological polar surface area (TPSA) is 53.6 Å². The zero-order valence-corrected chi connectivity index (χ0v) is 19.9. The fourth-order valence-electron chi connectivity index (χ4n) is 4.31. The van der Waals surface area contributed by atoms with Gasteiger partial charge in [0.15, 0.2) is 0 Å². The predicted octanol–water partition coefficient (Wildman–Crippen LogP) is 6.25. The van der Waals surface area contributed by atoms with Crippen LogP contribution in [0.3, 0.4) is 0 Å². The standard InChI is InChI=1S/C29H29FN4/c1-20-13-27(33-29(14-20)34-21(2)7-8-22(34)3)10-9-24-15-25(19-31)18-28(17-24)32-12-11-23-5-4-6-26(30)16-23/h4-8,13-18,32H,9-12H2,1-3H3. The van der Waals surface area contributed by atoms with Crippen LogP contribution in [0.15, 0.2) is 66.7 Å². The molecule has 5 heteroatoms. The van der Waals surface area contributed by atoms with Crippen LogP contribution in [0.5, 0.6) is 0 Å². The smallest absolute Gasteiger partial charge is 0.137 e. The van der Waals surface area contributed by atoms with Gasteiger partial charge in [0.25, 0.3) is 0 Å². The molecular formula is C29H29FN4. The van der Waals surface area contributed by atoms with Gasteiger partial charge in [-0.3, -0.25) is 0 Å². The van der Waals surface area contributed by atoms with Crippen molar-refractivity contribution in [3.05, 3.63) is 112 Å². The molecule has 4 aromatic rings. The number of benzene rings is 2. The maximum Gasteiger partial charge on any atom is 0.137 e. The van der Waals surface area contributed by atoms with Crippen LogP contribution >= 0.6 is 0 Å². The maximum absolute atomic E-state index is 13.4. The third-order valence-corrected chi connectivity index (χ3v) is 5.93. The molecule has 34 heavy (non-hydrogen) atoms. The Bertz CT molecular complexity index is 1330. The van der Waals surface area contributed by atoms with Gasteiger partial charge in [0.1, 0.15) is 11.6 Å². The Labute approximate surface area is 200 Å². The molecule has 0 amide bonds. The van der Waals surface area contributed by atoms with Crippen molar-refractivity contribution in [2.75, 3.05) is 11.9 Å². The molecule has 0 aliphatic rings. The Kier molecular flexibility index (Phi) is 7.08. The molecule has 2 heterocycles. The van der Waals surface area contributed by atoms with E-state index in [2.05, 4.69) is 67.1 Å². The zero-order valence-electron chi connectivity index (χ0n) is 19.9. The number of aryl methyl sites for hydroxylation is 5. The van der Waals surface area contributed by atoms with Gasteiger partial charge in [-0.2, -0.15) is 5.26 Å². The molecule has 0 bridgehead atoms. The summed E-state index contributed by atoms with van der Waals surface area (Å²) in [4.78, 5) is 4.92. The normalized spacial score (nSPS) is 10.8. The van der Waals surface area contributed by atoms with Crippen LogP contribution in [0.1, 0.15) is 39.3 Å². The second-order valence-electron chi connectivity index (χ2n) is 8.78. The lowest BCUT2D eigenvalue weighted by Crippen LogP contribution is -2.07. The quantitative estimate of drug-likeness (QED) is 0.344. The first-order valence-corrected chi connectivity index (χ1v) is 11.6. The Morgan fingerprint density at radius 2 is 1.68 bits per heavy atom. The molecule has 0 saturated carbocycles. The van der Waals surface area contributed by atoms with Crippen LogP contribution in [0.2, 0.25) is 0 Å². The summed E-state index contributed by atoms with van der Waals surface area (Å²) >= 11 is 0. The molecule has 0 saturated heterocycles. The van der Waals surface area contributed by atoms with Gasteiger partial charge >= 0.3 is 0 Å². The molecule has 0 aliphatic heterocycles. The van der Waals surface area contributed by atoms with Crippen molar-refractivity contribution in [2.24, 2.45) is 0 Å². The van der Waals surface area contributed by atoms with E-state index in [1.807, 2.05) is 18.2 Å². The van der Waals surface area contributed by atoms with Gasteiger partial charge in [0.2, 0.25) is 0 Å². The van der Waals surface area contributed by atoms with E-state index in [-0.39, 0.29) is 5.82 Å². The SMILES string of the molecule is Cc1cc(CCc2cc(C#N)cc(NCCc3cccc(F)c3)c2)nc(-n2c(C)ccc2C)c1. The van der Waals surface area contributed by atoms with Crippen LogP contribution < -0.4 is 5.32 Å². The molecule has 2 aromatic carbocycles. The molecule has 2 aromatic heterocycles. The van der Waals surface area contributed by atoms with Crippen molar-refractivity contribution < 1.29 is 4.39 Å². The highest BCUT2D eigenvalue weighted by Gasteiger charge is 2.09. The van der Waals surface area contributed by atoms with Crippen LogP contribution in [-0.4, -0.2) is 16.1 Å². The molecule has 0 unspecified atom stereocenters. The fraction of sp³-hybridized carbons (Fsp3) is 0.241. The summed E-state index contributed by atoms with van der Waals surface area (Å²) in [6, 6.07) is 23.2. The number of aromatic nitrogens is 2. The summed E-state index contributed by atoms with van der Waals surface area (Å²) in [5.74, 6) is 0.724. The molecule has 1 N–H and O–H groups in total. The van der Waals surface area contributed by atoms with Crippen molar-refractivity contribution in [3.63, 3.8) is 0 Å². The van der Waals surface area contributed by atoms with Crippen molar-refractivity contribution in [3.8, 4) is 11.9 Å². The molecule has 0 atom stereocenters. The number of rotatable bonds is 8. The highest BCUT2D eigenvalue weighted by molar-refractivity contribution is 5.52. The van der Waals surface area contributed by atoms with E-state index in [9.17, 15) is 9.65 Å². The van der Waals surface area contributed by atoms with E-state index in [1.165, 1.54) is 11.6 Å². The summed E-state index contributed by atoms with van der Waals surface area (Å²) < 4.78 is 15.6. The minimum Gasteiger partial charge on any atom is -0.385 e. The first-order chi connectivity index (χ1) is 16.4. The summed E-state index contributed by atoms with van der Waals surface area (Å²) in [5.41, 5.74) is 8.10. The highest BCUT2D eigenvalue weighted by Crippen LogP contribution is 2.20. The summed E-state index contributed by atoms with van der Waals surface area (Å²) in [7, 11) is 0. The van der Waals surface area contributed by atoms with E-state index in [4.69, 9.17) is 4.98 Å². The molecule has 0 fully saturated rings. The second kappa shape index (κ2) is 10.4. The zero-order chi connectivity index (χ0) is 24.1. The third kappa shape index (κ3) is 5.71. The molecule has 0 radical (unpaired) electrons. The van der Waals surface area contributed by atoms with Crippen LogP contribution in [0.4, 0.5) is 10.1 Å². The number of halogens is 1. The van der Waals surface area contributed by atoms with Gasteiger partial charge in [-0.15, -0.1) is 0 Å². The first kappa shape index (κ1) is 23.3. The number of pyridine rings is 1. The van der Waals surface area contributed by atoms with Gasteiger partial charge in [-0.05, 0) is 111 Å². The number of hydrogen-bond acceptors (Lipinski definition) is 3. The number of anilines is 1. The summed E-state index contributed by atoms with van der Waals surface area (Å²) in [6.45, 7) is 6.94. The Morgan fingerprint density at radius 3 is 2.41 bits per heavy atom. The van der Waals surface area contributed by atoms with Gasteiger partial charge in [-0.25, -0.2) is 9.37 Å². The van der Waals surface area contributed by atoms with E-state index < -0.39 is 0 Å². The summed E-state index contributed by atoms with van der Waals surface area (Å²) in [5, 5.41) is 12.9. The van der Waals surface area contributed by atoms with Crippen LogP contribution in [-0.2, 0) is 19.3 Å². The minimum absolute atomic E-state index is 0.221. The molecule has 4 nitrogen and oxygen atoms in total. The molecule has 172 valence electrons. The Balaban J connectivity index is 1.46. The minimum atomic E-state index is -0.221. The highest BCUT2D eigenvalue weighted by atomic mass is 19.1. The van der Waals surface area contributed by atoms with Gasteiger partial charge in [0.05, 0.1) is 11.6 Å². The van der Waals surface area contributed by atoms with Crippen molar-refractivity contribution in [1.82, 2.24) is 9.55 Å². The molecule has 0 aliphatic carbocycles. The van der Waals surface area contributed by atoms with Gasteiger partial charge < -0.3 is 9.88 Å². The predicted molar refractivity (Wildman–Crippen MR) is 135 cm³/mol. The average molecular weight is 453 g/mol. The lowest BCUT2D eigenvalue weighted by molar-refractivity contribution is 0.625. The number of hydrogen-bond donors (Lipinski definition) is 1. The van der Waals surface area contributed by atoms with Crippen molar-refractivity contribution in [2.45, 2.75) is 40.0 Å². The van der Waals surface area contributed by atoms with Crippen molar-refractivity contribution >= 4 is 5.69 Å². The summed E-state index contributed by atoms with van der Waals surface area (Å²) in [6.07, 6.45) is 2.28. The lowest BCUT2D eigenvalue weighted by Gasteiger charge is -2.13.